The molecule has 0 amide bonds. The molecule has 128 valence electrons. The van der Waals surface area contributed by atoms with Gasteiger partial charge in [-0.2, -0.15) is 0 Å². The zero-order chi connectivity index (χ0) is 18.2. The molecule has 2 rings (SSSR count). The van der Waals surface area contributed by atoms with Crippen LogP contribution in [0.15, 0.2) is 64.9 Å². The normalized spacial score (nSPS) is 12.8. The summed E-state index contributed by atoms with van der Waals surface area (Å²) in [5.41, 5.74) is 2.54. The average Bonchev–Trinajstić information content (AvgIpc) is 2.65. The summed E-state index contributed by atoms with van der Waals surface area (Å²) >= 11 is 0. The Hall–Kier alpha value is -2.79. The van der Waals surface area contributed by atoms with Crippen LogP contribution in [0.2, 0.25) is 0 Å². The van der Waals surface area contributed by atoms with Crippen molar-refractivity contribution in [1.29, 1.82) is 0 Å². The van der Waals surface area contributed by atoms with Crippen molar-refractivity contribution >= 4 is 28.9 Å². The van der Waals surface area contributed by atoms with Gasteiger partial charge in [-0.15, -0.1) is 0 Å². The molecule has 0 heterocycles. The summed E-state index contributed by atoms with van der Waals surface area (Å²) in [7, 11) is 0.156. The molecule has 0 spiro atoms. The van der Waals surface area contributed by atoms with Gasteiger partial charge in [-0.05, 0) is 60.5 Å². The molecule has 0 saturated carbocycles. The Labute approximate surface area is 149 Å². The Morgan fingerprint density at radius 3 is 2.40 bits per heavy atom. The van der Waals surface area contributed by atoms with Crippen molar-refractivity contribution in [2.45, 2.75) is 11.8 Å². The molecule has 5 heteroatoms. The van der Waals surface area contributed by atoms with E-state index in [1.165, 1.54) is 18.6 Å². The highest BCUT2D eigenvalue weighted by Gasteiger charge is 2.08. The van der Waals surface area contributed by atoms with E-state index in [4.69, 9.17) is 4.74 Å². The van der Waals surface area contributed by atoms with Gasteiger partial charge in [-0.25, -0.2) is 4.21 Å². The molecule has 0 N–H and O–H groups in total. The molecule has 0 aliphatic rings. The van der Waals surface area contributed by atoms with Crippen molar-refractivity contribution in [1.82, 2.24) is 0 Å². The summed E-state index contributed by atoms with van der Waals surface area (Å²) in [6.07, 6.45) is 4.24. The van der Waals surface area contributed by atoms with Gasteiger partial charge in [0.05, 0.1) is 17.9 Å². The fourth-order valence-corrected chi connectivity index (χ4v) is 3.05. The number of hydrogen-bond acceptors (Lipinski definition) is 4. The Balaban J connectivity index is 2.34. The molecule has 1 atom stereocenters. The number of benzene rings is 2. The standard InChI is InChI=1S/C20H18O4S/c1-15-3-6-19(7-4-15)25(23)12-10-16(9-11-21)20-8-5-18(24-2)13-17(20)14-22/h3-14H,1-2H3/b12-10-,16-9+. The molecule has 1 unspecified atom stereocenters. The second kappa shape index (κ2) is 8.89. The predicted octanol–water partition coefficient (Wildman–Crippen LogP) is 3.72. The molecule has 0 fully saturated rings. The Kier molecular flexibility index (Phi) is 6.60. The molecule has 25 heavy (non-hydrogen) atoms. The van der Waals surface area contributed by atoms with Crippen LogP contribution in [0.3, 0.4) is 0 Å². The van der Waals surface area contributed by atoms with Gasteiger partial charge < -0.3 is 4.74 Å². The minimum absolute atomic E-state index is 0.387. The van der Waals surface area contributed by atoms with E-state index in [1.807, 2.05) is 19.1 Å². The lowest BCUT2D eigenvalue weighted by atomic mass is 10.00. The van der Waals surface area contributed by atoms with Crippen LogP contribution in [0.1, 0.15) is 21.5 Å². The number of aldehydes is 2. The van der Waals surface area contributed by atoms with Gasteiger partial charge >= 0.3 is 0 Å². The summed E-state index contributed by atoms with van der Waals surface area (Å²) in [4.78, 5) is 23.0. The van der Waals surface area contributed by atoms with E-state index in [9.17, 15) is 13.8 Å². The highest BCUT2D eigenvalue weighted by Crippen LogP contribution is 2.24. The third-order valence-electron chi connectivity index (χ3n) is 3.57. The maximum absolute atomic E-state index is 12.4. The number of hydrogen-bond donors (Lipinski definition) is 0. The Morgan fingerprint density at radius 2 is 1.80 bits per heavy atom. The first kappa shape index (κ1) is 18.5. The second-order valence-corrected chi connectivity index (χ2v) is 6.58. The van der Waals surface area contributed by atoms with Crippen molar-refractivity contribution in [2.75, 3.05) is 7.11 Å². The van der Waals surface area contributed by atoms with Gasteiger partial charge in [-0.1, -0.05) is 17.7 Å². The fourth-order valence-electron chi connectivity index (χ4n) is 2.22. The zero-order valence-electron chi connectivity index (χ0n) is 14.0. The zero-order valence-corrected chi connectivity index (χ0v) is 14.8. The van der Waals surface area contributed by atoms with Crippen molar-refractivity contribution in [3.8, 4) is 5.75 Å². The molecule has 0 aliphatic heterocycles. The first-order valence-electron chi connectivity index (χ1n) is 7.53. The van der Waals surface area contributed by atoms with E-state index in [-0.39, 0.29) is 0 Å². The quantitative estimate of drug-likeness (QED) is 0.432. The molecule has 0 aromatic heterocycles. The number of carbonyl (C=O) groups excluding carboxylic acids is 2. The molecular weight excluding hydrogens is 336 g/mol. The second-order valence-electron chi connectivity index (χ2n) is 5.24. The molecule has 4 nitrogen and oxygen atoms in total. The third-order valence-corrected chi connectivity index (χ3v) is 4.69. The topological polar surface area (TPSA) is 60.4 Å². The smallest absolute Gasteiger partial charge is 0.150 e. The monoisotopic (exact) mass is 354 g/mol. The number of ether oxygens (including phenoxy) is 1. The van der Waals surface area contributed by atoms with Crippen LogP contribution in [0.4, 0.5) is 0 Å². The number of carbonyl (C=O) groups is 2. The van der Waals surface area contributed by atoms with Crippen LogP contribution in [-0.4, -0.2) is 23.9 Å². The number of allylic oxidation sites excluding steroid dienone is 3. The van der Waals surface area contributed by atoms with Crippen LogP contribution < -0.4 is 4.74 Å². The Bertz CT molecular complexity index is 848. The van der Waals surface area contributed by atoms with Crippen LogP contribution in [0, 0.1) is 6.92 Å². The molecule has 0 aliphatic carbocycles. The van der Waals surface area contributed by atoms with Gasteiger partial charge in [0.2, 0.25) is 0 Å². The van der Waals surface area contributed by atoms with E-state index in [0.717, 1.165) is 5.56 Å². The van der Waals surface area contributed by atoms with E-state index < -0.39 is 10.8 Å². The average molecular weight is 354 g/mol. The maximum atomic E-state index is 12.4. The van der Waals surface area contributed by atoms with Gasteiger partial charge in [0.15, 0.2) is 6.29 Å². The van der Waals surface area contributed by atoms with Crippen molar-refractivity contribution < 1.29 is 18.5 Å². The van der Waals surface area contributed by atoms with Gasteiger partial charge in [0, 0.05) is 15.9 Å². The summed E-state index contributed by atoms with van der Waals surface area (Å²) in [6.45, 7) is 1.96. The van der Waals surface area contributed by atoms with E-state index >= 15 is 0 Å². The molecule has 2 aromatic carbocycles. The Morgan fingerprint density at radius 1 is 1.08 bits per heavy atom. The van der Waals surface area contributed by atoms with E-state index in [1.54, 1.807) is 36.4 Å². The van der Waals surface area contributed by atoms with Gasteiger partial charge in [-0.3, -0.25) is 9.59 Å². The van der Waals surface area contributed by atoms with E-state index in [0.29, 0.717) is 39.9 Å². The molecule has 0 saturated heterocycles. The fraction of sp³-hybridized carbons (Fsp3) is 0.100. The lowest BCUT2D eigenvalue weighted by Gasteiger charge is -2.08. The lowest BCUT2D eigenvalue weighted by Crippen LogP contribution is -1.94. The van der Waals surface area contributed by atoms with E-state index in [2.05, 4.69) is 0 Å². The molecular formula is C20H18O4S. The third kappa shape index (κ3) is 4.84. The SMILES string of the molecule is COc1ccc(C(/C=C\S(=O)c2ccc(C)cc2)=C/C=O)c(C=O)c1. The molecule has 0 radical (unpaired) electrons. The van der Waals surface area contributed by atoms with Crippen LogP contribution in [0.5, 0.6) is 5.75 Å². The first-order chi connectivity index (χ1) is 12.1. The lowest BCUT2D eigenvalue weighted by molar-refractivity contribution is -0.104. The number of aryl methyl sites for hydroxylation is 1. The van der Waals surface area contributed by atoms with Crippen LogP contribution in [-0.2, 0) is 15.6 Å². The highest BCUT2D eigenvalue weighted by molar-refractivity contribution is 7.88. The van der Waals surface area contributed by atoms with Gasteiger partial charge in [0.1, 0.15) is 12.0 Å². The largest absolute Gasteiger partial charge is 0.497 e. The van der Waals surface area contributed by atoms with Crippen LogP contribution in [0.25, 0.3) is 5.57 Å². The number of methoxy groups -OCH3 is 1. The van der Waals surface area contributed by atoms with Crippen molar-refractivity contribution in [3.05, 3.63) is 76.7 Å². The summed E-state index contributed by atoms with van der Waals surface area (Å²) in [5, 5.41) is 1.50. The summed E-state index contributed by atoms with van der Waals surface area (Å²) < 4.78 is 17.5. The van der Waals surface area contributed by atoms with Crippen molar-refractivity contribution in [3.63, 3.8) is 0 Å². The van der Waals surface area contributed by atoms with Crippen LogP contribution >= 0.6 is 0 Å². The minimum atomic E-state index is -1.35. The minimum Gasteiger partial charge on any atom is -0.497 e. The molecule has 0 bridgehead atoms. The summed E-state index contributed by atoms with van der Waals surface area (Å²) in [6, 6.07) is 12.3. The predicted molar refractivity (Wildman–Crippen MR) is 99.1 cm³/mol. The first-order valence-corrected chi connectivity index (χ1v) is 8.75. The number of rotatable bonds is 7. The van der Waals surface area contributed by atoms with Gasteiger partial charge in [0.25, 0.3) is 0 Å². The summed E-state index contributed by atoms with van der Waals surface area (Å²) in [5.74, 6) is 0.545. The highest BCUT2D eigenvalue weighted by atomic mass is 32.2. The maximum Gasteiger partial charge on any atom is 0.150 e. The van der Waals surface area contributed by atoms with Crippen molar-refractivity contribution in [2.24, 2.45) is 0 Å². The molecule has 2 aromatic rings.